The lowest BCUT2D eigenvalue weighted by atomic mass is 9.84. The molecular weight excluding hydrogens is 168 g/mol. The summed E-state index contributed by atoms with van der Waals surface area (Å²) in [6, 6.07) is 0. The maximum atomic E-state index is 11.3. The van der Waals surface area contributed by atoms with Gasteiger partial charge < -0.3 is 9.47 Å². The van der Waals surface area contributed by atoms with Gasteiger partial charge in [-0.25, -0.2) is 4.79 Å². The van der Waals surface area contributed by atoms with Crippen molar-refractivity contribution in [3.63, 3.8) is 0 Å². The summed E-state index contributed by atoms with van der Waals surface area (Å²) < 4.78 is 10.4. The summed E-state index contributed by atoms with van der Waals surface area (Å²) in [6.45, 7) is 7.67. The Morgan fingerprint density at radius 3 is 2.54 bits per heavy atom. The van der Waals surface area contributed by atoms with Crippen LogP contribution in [0.15, 0.2) is 12.3 Å². The maximum Gasteiger partial charge on any atom is 0.348 e. The molecule has 1 fully saturated rings. The van der Waals surface area contributed by atoms with Crippen molar-refractivity contribution in [2.24, 2.45) is 5.41 Å². The third kappa shape index (κ3) is 1.69. The third-order valence-corrected chi connectivity index (χ3v) is 2.58. The number of rotatable bonds is 2. The van der Waals surface area contributed by atoms with Gasteiger partial charge in [0.25, 0.3) is 0 Å². The molecule has 0 aromatic carbocycles. The van der Waals surface area contributed by atoms with Crippen molar-refractivity contribution in [1.29, 1.82) is 0 Å². The highest BCUT2D eigenvalue weighted by Crippen LogP contribution is 2.36. The van der Waals surface area contributed by atoms with E-state index in [0.29, 0.717) is 0 Å². The minimum Gasteiger partial charge on any atom is -0.486 e. The second-order valence-electron chi connectivity index (χ2n) is 3.89. The molecule has 1 saturated heterocycles. The van der Waals surface area contributed by atoms with Gasteiger partial charge in [0, 0.05) is 5.41 Å². The Morgan fingerprint density at radius 2 is 2.15 bits per heavy atom. The lowest BCUT2D eigenvalue weighted by Crippen LogP contribution is -2.34. The van der Waals surface area contributed by atoms with Crippen LogP contribution in [-0.4, -0.2) is 18.2 Å². The fourth-order valence-corrected chi connectivity index (χ4v) is 1.29. The molecule has 13 heavy (non-hydrogen) atoms. The van der Waals surface area contributed by atoms with Gasteiger partial charge in [-0.2, -0.15) is 0 Å². The lowest BCUT2D eigenvalue weighted by Gasteiger charge is -2.24. The molecule has 74 valence electrons. The molecule has 3 heteroatoms. The van der Waals surface area contributed by atoms with E-state index in [1.54, 1.807) is 6.08 Å². The van der Waals surface area contributed by atoms with E-state index in [0.717, 1.165) is 0 Å². The zero-order valence-corrected chi connectivity index (χ0v) is 8.53. The van der Waals surface area contributed by atoms with Gasteiger partial charge in [-0.1, -0.05) is 19.9 Å². The van der Waals surface area contributed by atoms with Crippen LogP contribution in [0.3, 0.4) is 0 Å². The van der Waals surface area contributed by atoms with Gasteiger partial charge >= 0.3 is 5.97 Å². The fourth-order valence-electron chi connectivity index (χ4n) is 1.29. The molecule has 0 aromatic rings. The molecule has 3 nitrogen and oxygen atoms in total. The summed E-state index contributed by atoms with van der Waals surface area (Å²) in [7, 11) is 0. The largest absolute Gasteiger partial charge is 0.486 e. The Labute approximate surface area is 78.7 Å². The molecule has 1 rings (SSSR count). The molecule has 0 amide bonds. The highest BCUT2D eigenvalue weighted by molar-refractivity contribution is 5.78. The Kier molecular flexibility index (Phi) is 2.64. The summed E-state index contributed by atoms with van der Waals surface area (Å²) in [4.78, 5) is 11.3. The van der Waals surface area contributed by atoms with Crippen molar-refractivity contribution >= 4 is 5.97 Å². The molecule has 0 aliphatic carbocycles. The van der Waals surface area contributed by atoms with Crippen molar-refractivity contribution in [2.45, 2.75) is 39.9 Å². The van der Waals surface area contributed by atoms with Gasteiger partial charge in [0.05, 0.1) is 6.26 Å². The molecule has 0 bridgehead atoms. The molecule has 0 N–H and O–H groups in total. The molecule has 1 heterocycles. The topological polar surface area (TPSA) is 35.5 Å². The smallest absolute Gasteiger partial charge is 0.348 e. The monoisotopic (exact) mass is 184 g/mol. The average Bonchev–Trinajstić information content (AvgIpc) is 2.21. The normalized spacial score (nSPS) is 32.2. The molecular formula is C10H16O3. The van der Waals surface area contributed by atoms with E-state index in [1.807, 2.05) is 27.7 Å². The summed E-state index contributed by atoms with van der Waals surface area (Å²) in [5, 5.41) is 0. The van der Waals surface area contributed by atoms with Crippen molar-refractivity contribution in [3.8, 4) is 0 Å². The SMILES string of the molecule is CC=CO[C@H]1C(=O)OC(C)C1(C)C. The van der Waals surface area contributed by atoms with Gasteiger partial charge in [-0.15, -0.1) is 0 Å². The van der Waals surface area contributed by atoms with Crippen LogP contribution in [0.1, 0.15) is 27.7 Å². The van der Waals surface area contributed by atoms with Gasteiger partial charge in [0.1, 0.15) is 6.10 Å². The zero-order valence-electron chi connectivity index (χ0n) is 8.53. The van der Waals surface area contributed by atoms with Crippen LogP contribution in [-0.2, 0) is 14.3 Å². The van der Waals surface area contributed by atoms with E-state index < -0.39 is 6.10 Å². The number of allylic oxidation sites excluding steroid dienone is 1. The van der Waals surface area contributed by atoms with Gasteiger partial charge in [0.2, 0.25) is 6.10 Å². The number of esters is 1. The number of cyclic esters (lactones) is 1. The van der Waals surface area contributed by atoms with E-state index in [9.17, 15) is 4.79 Å². The van der Waals surface area contributed by atoms with Gasteiger partial charge in [0.15, 0.2) is 0 Å². The number of hydrogen-bond acceptors (Lipinski definition) is 3. The molecule has 1 aliphatic rings. The van der Waals surface area contributed by atoms with Crippen LogP contribution >= 0.6 is 0 Å². The fraction of sp³-hybridized carbons (Fsp3) is 0.700. The van der Waals surface area contributed by atoms with E-state index in [2.05, 4.69) is 0 Å². The lowest BCUT2D eigenvalue weighted by molar-refractivity contribution is -0.147. The van der Waals surface area contributed by atoms with Crippen molar-refractivity contribution < 1.29 is 14.3 Å². The van der Waals surface area contributed by atoms with Crippen LogP contribution < -0.4 is 0 Å². The quantitative estimate of drug-likeness (QED) is 0.485. The highest BCUT2D eigenvalue weighted by atomic mass is 16.6. The summed E-state index contributed by atoms with van der Waals surface area (Å²) >= 11 is 0. The molecule has 0 aromatic heterocycles. The summed E-state index contributed by atoms with van der Waals surface area (Å²) in [5.74, 6) is -0.268. The molecule has 0 saturated carbocycles. The van der Waals surface area contributed by atoms with E-state index >= 15 is 0 Å². The van der Waals surface area contributed by atoms with Gasteiger partial charge in [-0.3, -0.25) is 0 Å². The molecule has 2 atom stereocenters. The van der Waals surface area contributed by atoms with Crippen LogP contribution in [0.4, 0.5) is 0 Å². The number of carbonyl (C=O) groups excluding carboxylic acids is 1. The first-order valence-electron chi connectivity index (χ1n) is 4.47. The van der Waals surface area contributed by atoms with Crippen LogP contribution in [0.2, 0.25) is 0 Å². The van der Waals surface area contributed by atoms with Crippen LogP contribution in [0, 0.1) is 5.41 Å². The predicted molar refractivity (Wildman–Crippen MR) is 49.0 cm³/mol. The Morgan fingerprint density at radius 1 is 1.54 bits per heavy atom. The summed E-state index contributed by atoms with van der Waals surface area (Å²) in [6.07, 6.45) is 2.73. The first-order valence-corrected chi connectivity index (χ1v) is 4.47. The van der Waals surface area contributed by atoms with Gasteiger partial charge in [-0.05, 0) is 13.8 Å². The van der Waals surface area contributed by atoms with Crippen LogP contribution in [0.5, 0.6) is 0 Å². The second-order valence-corrected chi connectivity index (χ2v) is 3.89. The summed E-state index contributed by atoms with van der Waals surface area (Å²) in [5.41, 5.74) is -0.253. The van der Waals surface area contributed by atoms with Crippen molar-refractivity contribution in [1.82, 2.24) is 0 Å². The molecule has 1 aliphatic heterocycles. The first kappa shape index (κ1) is 10.1. The molecule has 0 radical (unpaired) electrons. The minimum absolute atomic E-state index is 0.0877. The molecule has 0 spiro atoms. The standard InChI is InChI=1S/C10H16O3/c1-5-6-12-8-9(11)13-7(2)10(8,3)4/h5-8H,1-4H3/t7?,8-/m0/s1. The van der Waals surface area contributed by atoms with E-state index in [-0.39, 0.29) is 17.5 Å². The van der Waals surface area contributed by atoms with Crippen molar-refractivity contribution in [3.05, 3.63) is 12.3 Å². The van der Waals surface area contributed by atoms with Crippen LogP contribution in [0.25, 0.3) is 0 Å². The average molecular weight is 184 g/mol. The predicted octanol–water partition coefficient (Wildman–Crippen LogP) is 1.88. The second kappa shape index (κ2) is 3.40. The maximum absolute atomic E-state index is 11.3. The highest BCUT2D eigenvalue weighted by Gasteiger charge is 2.50. The first-order chi connectivity index (χ1) is 6.00. The van der Waals surface area contributed by atoms with Crippen molar-refractivity contribution in [2.75, 3.05) is 0 Å². The number of carbonyl (C=O) groups is 1. The Balaban J connectivity index is 2.76. The number of ether oxygens (including phenoxy) is 2. The van der Waals surface area contributed by atoms with E-state index in [1.165, 1.54) is 6.26 Å². The minimum atomic E-state index is -0.473. The van der Waals surface area contributed by atoms with E-state index in [4.69, 9.17) is 9.47 Å². The Bertz CT molecular complexity index is 230. The third-order valence-electron chi connectivity index (χ3n) is 2.58. The number of hydrogen-bond donors (Lipinski definition) is 0. The zero-order chi connectivity index (χ0) is 10.1. The Hall–Kier alpha value is -0.990. The molecule has 1 unspecified atom stereocenters.